The number of hydrogen-bond donors (Lipinski definition) is 0. The Balaban J connectivity index is 2.48. The van der Waals surface area contributed by atoms with Gasteiger partial charge < -0.3 is 4.52 Å². The highest BCUT2D eigenvalue weighted by Gasteiger charge is 2.38. The molecule has 2 rings (SSSR count). The van der Waals surface area contributed by atoms with Crippen LogP contribution in [0, 0.1) is 6.07 Å². The minimum absolute atomic E-state index is 0.0980. The van der Waals surface area contributed by atoms with E-state index in [0.717, 1.165) is 0 Å². The van der Waals surface area contributed by atoms with Crippen LogP contribution in [-0.4, -0.2) is 23.3 Å². The van der Waals surface area contributed by atoms with Crippen molar-refractivity contribution in [3.8, 4) is 11.4 Å². The van der Waals surface area contributed by atoms with E-state index in [1.54, 1.807) is 0 Å². The van der Waals surface area contributed by atoms with Crippen molar-refractivity contribution < 1.29 is 26.1 Å². The highest BCUT2D eigenvalue weighted by atomic mass is 32.2. The van der Waals surface area contributed by atoms with Gasteiger partial charge in [-0.1, -0.05) is 17.3 Å². The number of rotatable bonds is 2. The summed E-state index contributed by atoms with van der Waals surface area (Å²) in [6.07, 6.45) is -4.76. The molecule has 1 radical (unpaired) electrons. The van der Waals surface area contributed by atoms with Crippen molar-refractivity contribution >= 4 is 9.84 Å². The molecule has 0 saturated heterocycles. The molecule has 0 unspecified atom stereocenters. The lowest BCUT2D eigenvalue weighted by Gasteiger charge is -2.19. The molecule has 1 heterocycles. The van der Waals surface area contributed by atoms with Gasteiger partial charge in [0.25, 0.3) is 0 Å². The zero-order valence-electron chi connectivity index (χ0n) is 11.9. The maximum Gasteiger partial charge on any atom is 0.471 e. The molecule has 5 nitrogen and oxygen atoms in total. The van der Waals surface area contributed by atoms with E-state index in [0.29, 0.717) is 0 Å². The predicted octanol–water partition coefficient (Wildman–Crippen LogP) is 3.13. The Hall–Kier alpha value is -1.90. The third kappa shape index (κ3) is 2.99. The third-order valence-electron chi connectivity index (χ3n) is 2.80. The van der Waals surface area contributed by atoms with Crippen molar-refractivity contribution in [2.75, 3.05) is 0 Å². The number of alkyl halides is 3. The topological polar surface area (TPSA) is 73.1 Å². The van der Waals surface area contributed by atoms with Crippen LogP contribution in [0.3, 0.4) is 0 Å². The summed E-state index contributed by atoms with van der Waals surface area (Å²) in [5.41, 5.74) is 0.0980. The summed E-state index contributed by atoms with van der Waals surface area (Å²) in [7, 11) is -3.69. The second-order valence-corrected chi connectivity index (χ2v) is 8.15. The molecular weight excluding hydrogens is 321 g/mol. The standard InChI is InChI=1S/C13H12F3N2O3S/c1-12(2,3)22(19,20)9-6-4-5-8(7-9)10-17-11(21-18-10)13(14,15)16/h4-5,7H,1-3H3. The number of halogens is 3. The third-order valence-corrected chi connectivity index (χ3v) is 5.22. The van der Waals surface area contributed by atoms with Crippen LogP contribution in [0.15, 0.2) is 27.6 Å². The van der Waals surface area contributed by atoms with Crippen molar-refractivity contribution in [3.63, 3.8) is 0 Å². The number of sulfone groups is 1. The molecule has 2 aromatic rings. The highest BCUT2D eigenvalue weighted by molar-refractivity contribution is 7.92. The molecule has 0 amide bonds. The van der Waals surface area contributed by atoms with Crippen molar-refractivity contribution in [3.05, 3.63) is 30.2 Å². The van der Waals surface area contributed by atoms with Crippen molar-refractivity contribution in [1.82, 2.24) is 10.1 Å². The minimum atomic E-state index is -4.76. The first-order chi connectivity index (χ1) is 9.93. The largest absolute Gasteiger partial charge is 0.471 e. The summed E-state index contributed by atoms with van der Waals surface area (Å²) in [6.45, 7) is 4.54. The van der Waals surface area contributed by atoms with Crippen LogP contribution in [0.1, 0.15) is 26.7 Å². The zero-order chi connectivity index (χ0) is 16.8. The molecule has 1 aromatic carbocycles. The van der Waals surface area contributed by atoms with Crippen LogP contribution in [0.4, 0.5) is 13.2 Å². The van der Waals surface area contributed by atoms with Gasteiger partial charge in [-0.2, -0.15) is 18.2 Å². The summed E-state index contributed by atoms with van der Waals surface area (Å²) in [5, 5.41) is 3.22. The molecule has 0 N–H and O–H groups in total. The van der Waals surface area contributed by atoms with Crippen LogP contribution >= 0.6 is 0 Å². The molecule has 9 heteroatoms. The van der Waals surface area contributed by atoms with Crippen molar-refractivity contribution in [1.29, 1.82) is 0 Å². The van der Waals surface area contributed by atoms with Gasteiger partial charge in [-0.3, -0.25) is 0 Å². The average molecular weight is 333 g/mol. The smallest absolute Gasteiger partial charge is 0.329 e. The lowest BCUT2D eigenvalue weighted by atomic mass is 10.2. The van der Waals surface area contributed by atoms with Gasteiger partial charge in [0.1, 0.15) is 0 Å². The maximum atomic E-state index is 12.4. The summed E-state index contributed by atoms with van der Waals surface area (Å²) in [4.78, 5) is 3.08. The maximum absolute atomic E-state index is 12.4. The Kier molecular flexibility index (Phi) is 3.80. The lowest BCUT2D eigenvalue weighted by Crippen LogP contribution is -2.27. The van der Waals surface area contributed by atoms with E-state index in [4.69, 9.17) is 0 Å². The molecule has 0 saturated carbocycles. The van der Waals surface area contributed by atoms with E-state index in [-0.39, 0.29) is 16.3 Å². The van der Waals surface area contributed by atoms with Gasteiger partial charge in [0.05, 0.1) is 9.64 Å². The Morgan fingerprint density at radius 1 is 1.23 bits per heavy atom. The van der Waals surface area contributed by atoms with E-state index in [1.807, 2.05) is 0 Å². The summed E-state index contributed by atoms with van der Waals surface area (Å²) >= 11 is 0. The van der Waals surface area contributed by atoms with Gasteiger partial charge in [-0.25, -0.2) is 8.42 Å². The predicted molar refractivity (Wildman–Crippen MR) is 70.5 cm³/mol. The lowest BCUT2D eigenvalue weighted by molar-refractivity contribution is -0.159. The molecule has 0 fully saturated rings. The van der Waals surface area contributed by atoms with Gasteiger partial charge in [-0.15, -0.1) is 0 Å². The highest BCUT2D eigenvalue weighted by Crippen LogP contribution is 2.31. The Morgan fingerprint density at radius 3 is 2.36 bits per heavy atom. The van der Waals surface area contributed by atoms with Crippen LogP contribution in [0.5, 0.6) is 0 Å². The number of hydrogen-bond acceptors (Lipinski definition) is 5. The molecule has 0 spiro atoms. The average Bonchev–Trinajstić information content (AvgIpc) is 2.87. The Morgan fingerprint density at radius 2 is 1.86 bits per heavy atom. The van der Waals surface area contributed by atoms with Crippen LogP contribution < -0.4 is 0 Å². The van der Waals surface area contributed by atoms with Gasteiger partial charge in [0.15, 0.2) is 9.84 Å². The minimum Gasteiger partial charge on any atom is -0.329 e. The van der Waals surface area contributed by atoms with E-state index in [9.17, 15) is 21.6 Å². The SMILES string of the molecule is CC(C)(C)S(=O)(=O)c1[c]ccc(-c2noc(C(F)(F)F)n2)c1. The van der Waals surface area contributed by atoms with Gasteiger partial charge >= 0.3 is 12.1 Å². The molecule has 0 aliphatic heterocycles. The number of aromatic nitrogens is 2. The van der Waals surface area contributed by atoms with Crippen LogP contribution in [0.25, 0.3) is 11.4 Å². The summed E-state index contributed by atoms with van der Waals surface area (Å²) < 4.78 is 65.0. The molecule has 119 valence electrons. The van der Waals surface area contributed by atoms with Crippen molar-refractivity contribution in [2.24, 2.45) is 0 Å². The first-order valence-electron chi connectivity index (χ1n) is 6.10. The molecule has 0 atom stereocenters. The molecule has 0 aliphatic carbocycles. The molecule has 0 bridgehead atoms. The summed E-state index contributed by atoms with van der Waals surface area (Å²) in [6, 6.07) is 6.38. The molecule has 1 aromatic heterocycles. The monoisotopic (exact) mass is 333 g/mol. The summed E-state index contributed by atoms with van der Waals surface area (Å²) in [5.74, 6) is -1.83. The second kappa shape index (κ2) is 5.08. The van der Waals surface area contributed by atoms with E-state index >= 15 is 0 Å². The van der Waals surface area contributed by atoms with Gasteiger partial charge in [-0.05, 0) is 26.8 Å². The Bertz CT molecular complexity index is 789. The van der Waals surface area contributed by atoms with Crippen LogP contribution in [-0.2, 0) is 16.0 Å². The Labute approximate surface area is 125 Å². The van der Waals surface area contributed by atoms with E-state index in [1.165, 1.54) is 39.0 Å². The zero-order valence-corrected chi connectivity index (χ0v) is 12.7. The van der Waals surface area contributed by atoms with Gasteiger partial charge in [0.2, 0.25) is 5.82 Å². The molecule has 0 aliphatic rings. The number of nitrogens with zero attached hydrogens (tertiary/aromatic N) is 2. The quantitative estimate of drug-likeness (QED) is 0.844. The molecular formula is C13H12F3N2O3S. The first-order valence-corrected chi connectivity index (χ1v) is 7.59. The normalized spacial score (nSPS) is 13.4. The fourth-order valence-corrected chi connectivity index (χ4v) is 2.69. The van der Waals surface area contributed by atoms with E-state index in [2.05, 4.69) is 20.7 Å². The van der Waals surface area contributed by atoms with Crippen LogP contribution in [0.2, 0.25) is 0 Å². The van der Waals surface area contributed by atoms with Gasteiger partial charge in [0, 0.05) is 11.6 Å². The first kappa shape index (κ1) is 16.5. The fraction of sp³-hybridized carbons (Fsp3) is 0.385. The molecule has 22 heavy (non-hydrogen) atoms. The number of benzene rings is 1. The fourth-order valence-electron chi connectivity index (χ4n) is 1.52. The van der Waals surface area contributed by atoms with Crippen molar-refractivity contribution in [2.45, 2.75) is 36.6 Å². The second-order valence-electron chi connectivity index (χ2n) is 5.48. The van der Waals surface area contributed by atoms with E-state index < -0.39 is 26.7 Å².